The summed E-state index contributed by atoms with van der Waals surface area (Å²) in [7, 11) is 0. The molecule has 5 heterocycles. The van der Waals surface area contributed by atoms with Crippen LogP contribution in [0.2, 0.25) is 0 Å². The summed E-state index contributed by atoms with van der Waals surface area (Å²) in [5.41, 5.74) is 0.414. The number of carbonyl (C=O) groups is 1. The highest BCUT2D eigenvalue weighted by molar-refractivity contribution is 5.81. The van der Waals surface area contributed by atoms with Crippen molar-refractivity contribution in [1.29, 1.82) is 0 Å². The highest BCUT2D eigenvalue weighted by Crippen LogP contribution is 2.59. The lowest BCUT2D eigenvalue weighted by Gasteiger charge is -2.58. The highest BCUT2D eigenvalue weighted by atomic mass is 17.3. The number of hydrogen-bond acceptors (Lipinski definition) is 7. The number of imidazole rings is 1. The Labute approximate surface area is 188 Å². The lowest BCUT2D eigenvalue weighted by Crippen LogP contribution is -2.69. The van der Waals surface area contributed by atoms with Crippen molar-refractivity contribution in [2.75, 3.05) is 13.1 Å². The molecule has 7 atom stereocenters. The van der Waals surface area contributed by atoms with Crippen LogP contribution < -0.4 is 5.32 Å². The fourth-order valence-corrected chi connectivity index (χ4v) is 6.07. The molecule has 4 saturated heterocycles. The van der Waals surface area contributed by atoms with E-state index in [-0.39, 0.29) is 17.7 Å². The summed E-state index contributed by atoms with van der Waals surface area (Å²) in [5, 5.41) is 2.93. The molecule has 9 heteroatoms. The van der Waals surface area contributed by atoms with E-state index >= 15 is 0 Å². The molecule has 5 fully saturated rings. The Kier molecular flexibility index (Phi) is 5.75. The molecule has 1 aromatic heterocycles. The summed E-state index contributed by atoms with van der Waals surface area (Å²) in [4.78, 5) is 35.9. The van der Waals surface area contributed by atoms with Gasteiger partial charge in [0.2, 0.25) is 18.0 Å². The molecule has 176 valence electrons. The molecule has 0 aromatic carbocycles. The number of aromatic nitrogens is 2. The van der Waals surface area contributed by atoms with E-state index in [2.05, 4.69) is 29.1 Å². The molecule has 2 bridgehead atoms. The molecule has 1 spiro atoms. The molecule has 1 saturated carbocycles. The first-order chi connectivity index (χ1) is 15.4. The van der Waals surface area contributed by atoms with Crippen LogP contribution in [0.3, 0.4) is 0 Å². The van der Waals surface area contributed by atoms with Crippen molar-refractivity contribution < 1.29 is 24.0 Å². The summed E-state index contributed by atoms with van der Waals surface area (Å²) in [5.74, 6) is 1.02. The number of H-pyrrole nitrogens is 1. The SMILES string of the molecule is CC1CCC2C(C)C(=NCCC(=O)NCCc3cnc[nH]3)OC3OC4(C)CCC1C32OO4. The van der Waals surface area contributed by atoms with E-state index in [9.17, 15) is 4.79 Å². The number of ether oxygens (including phenoxy) is 2. The molecule has 2 N–H and O–H groups in total. The Hall–Kier alpha value is -1.97. The largest absolute Gasteiger partial charge is 0.448 e. The molecule has 1 aromatic rings. The molecular weight excluding hydrogens is 412 g/mol. The first-order valence-corrected chi connectivity index (χ1v) is 11.9. The van der Waals surface area contributed by atoms with Crippen molar-refractivity contribution in [2.24, 2.45) is 28.7 Å². The summed E-state index contributed by atoms with van der Waals surface area (Å²) >= 11 is 0. The van der Waals surface area contributed by atoms with E-state index in [1.54, 1.807) is 12.5 Å². The zero-order chi connectivity index (χ0) is 22.3. The fraction of sp³-hybridized carbons (Fsp3) is 0.783. The second-order valence-electron chi connectivity index (χ2n) is 9.96. The van der Waals surface area contributed by atoms with Gasteiger partial charge in [0.05, 0.1) is 12.9 Å². The van der Waals surface area contributed by atoms with Gasteiger partial charge in [-0.25, -0.2) is 14.8 Å². The van der Waals surface area contributed by atoms with Crippen LogP contribution in [-0.4, -0.2) is 52.5 Å². The van der Waals surface area contributed by atoms with Crippen molar-refractivity contribution in [3.8, 4) is 0 Å². The van der Waals surface area contributed by atoms with E-state index in [4.69, 9.17) is 24.2 Å². The Morgan fingerprint density at radius 1 is 1.28 bits per heavy atom. The number of hydrogen-bond donors (Lipinski definition) is 2. The monoisotopic (exact) mass is 446 g/mol. The Morgan fingerprint density at radius 3 is 2.97 bits per heavy atom. The first-order valence-electron chi connectivity index (χ1n) is 11.9. The average Bonchev–Trinajstić information content (AvgIpc) is 3.18. The van der Waals surface area contributed by atoms with Crippen molar-refractivity contribution in [1.82, 2.24) is 15.3 Å². The number of nitrogens with zero attached hydrogens (tertiary/aromatic N) is 2. The van der Waals surface area contributed by atoms with Crippen LogP contribution in [0.15, 0.2) is 17.5 Å². The quantitative estimate of drug-likeness (QED) is 0.651. The van der Waals surface area contributed by atoms with Crippen LogP contribution in [0.25, 0.3) is 0 Å². The zero-order valence-electron chi connectivity index (χ0n) is 19.1. The Morgan fingerprint density at radius 2 is 2.16 bits per heavy atom. The molecule has 32 heavy (non-hydrogen) atoms. The minimum atomic E-state index is -0.794. The van der Waals surface area contributed by atoms with Crippen LogP contribution in [0.5, 0.6) is 0 Å². The molecule has 1 aliphatic carbocycles. The van der Waals surface area contributed by atoms with Crippen LogP contribution >= 0.6 is 0 Å². The lowest BCUT2D eigenvalue weighted by molar-refractivity contribution is -0.557. The first kappa shape index (κ1) is 21.9. The number of amides is 1. The second kappa shape index (κ2) is 8.43. The number of aromatic amines is 1. The van der Waals surface area contributed by atoms with Crippen LogP contribution in [-0.2, 0) is 30.5 Å². The third kappa shape index (κ3) is 3.74. The zero-order valence-corrected chi connectivity index (χ0v) is 19.1. The Bertz CT molecular complexity index is 861. The van der Waals surface area contributed by atoms with Crippen LogP contribution in [0.1, 0.15) is 58.6 Å². The van der Waals surface area contributed by atoms with Gasteiger partial charge in [-0.15, -0.1) is 0 Å². The molecular formula is C23H34N4O5. The van der Waals surface area contributed by atoms with Crippen molar-refractivity contribution in [2.45, 2.75) is 77.0 Å². The van der Waals surface area contributed by atoms with Gasteiger partial charge in [-0.1, -0.05) is 13.8 Å². The van der Waals surface area contributed by atoms with Gasteiger partial charge in [-0.3, -0.25) is 9.79 Å². The maximum atomic E-state index is 12.2. The molecule has 0 radical (unpaired) electrons. The van der Waals surface area contributed by atoms with Crippen molar-refractivity contribution in [3.63, 3.8) is 0 Å². The smallest absolute Gasteiger partial charge is 0.237 e. The van der Waals surface area contributed by atoms with Gasteiger partial charge >= 0.3 is 0 Å². The number of nitrogens with one attached hydrogen (secondary N) is 2. The summed E-state index contributed by atoms with van der Waals surface area (Å²) in [6, 6.07) is 0. The van der Waals surface area contributed by atoms with E-state index in [1.165, 1.54) is 0 Å². The van der Waals surface area contributed by atoms with Crippen LogP contribution in [0, 0.1) is 23.7 Å². The number of aliphatic imine (C=N–C) groups is 1. The fourth-order valence-electron chi connectivity index (χ4n) is 6.07. The molecule has 7 unspecified atom stereocenters. The molecule has 5 aliphatic rings. The maximum absolute atomic E-state index is 12.2. The van der Waals surface area contributed by atoms with Gasteiger partial charge in [0.25, 0.3) is 0 Å². The lowest BCUT2D eigenvalue weighted by atomic mass is 9.58. The minimum Gasteiger partial charge on any atom is -0.448 e. The maximum Gasteiger partial charge on any atom is 0.237 e. The van der Waals surface area contributed by atoms with Crippen molar-refractivity contribution in [3.05, 3.63) is 18.2 Å². The minimum absolute atomic E-state index is 0.0191. The topological polar surface area (TPSA) is 107 Å². The third-order valence-electron chi connectivity index (χ3n) is 7.87. The Balaban J connectivity index is 1.24. The summed E-state index contributed by atoms with van der Waals surface area (Å²) in [6.07, 6.45) is 7.89. The van der Waals surface area contributed by atoms with E-state index in [0.29, 0.717) is 37.2 Å². The predicted octanol–water partition coefficient (Wildman–Crippen LogP) is 2.74. The number of rotatable bonds is 6. The van der Waals surface area contributed by atoms with Crippen LogP contribution in [0.4, 0.5) is 0 Å². The average molecular weight is 447 g/mol. The normalized spacial score (nSPS) is 41.6. The molecule has 1 amide bonds. The summed E-state index contributed by atoms with van der Waals surface area (Å²) < 4.78 is 12.7. The van der Waals surface area contributed by atoms with E-state index < -0.39 is 17.7 Å². The third-order valence-corrected chi connectivity index (χ3v) is 7.87. The number of carbonyl (C=O) groups excluding carboxylic acids is 1. The number of fused-ring (bicyclic) bond motifs is 2. The van der Waals surface area contributed by atoms with Crippen molar-refractivity contribution >= 4 is 11.8 Å². The van der Waals surface area contributed by atoms with Gasteiger partial charge < -0.3 is 19.8 Å². The molecule has 9 nitrogen and oxygen atoms in total. The summed E-state index contributed by atoms with van der Waals surface area (Å²) in [6.45, 7) is 7.32. The van der Waals surface area contributed by atoms with E-state index in [1.807, 2.05) is 6.92 Å². The molecule has 4 aliphatic heterocycles. The van der Waals surface area contributed by atoms with Gasteiger partial charge in [0.1, 0.15) is 0 Å². The van der Waals surface area contributed by atoms with Gasteiger partial charge in [0, 0.05) is 55.5 Å². The van der Waals surface area contributed by atoms with Gasteiger partial charge in [0.15, 0.2) is 11.5 Å². The highest BCUT2D eigenvalue weighted by Gasteiger charge is 2.69. The van der Waals surface area contributed by atoms with Gasteiger partial charge in [-0.05, 0) is 32.1 Å². The molecule has 6 rings (SSSR count). The standard InChI is InChI=1S/C23H34N4O5/c1-14-4-5-18-15(2)20(26-11-8-19(28)25-10-7-16-12-24-13-27-16)29-21-23(18)17(14)6-9-22(3,30-21)31-32-23/h12-15,17-18,21H,4-11H2,1-3H3,(H,24,27)(H,25,28). The van der Waals surface area contributed by atoms with Gasteiger partial charge in [-0.2, -0.15) is 0 Å². The second-order valence-corrected chi connectivity index (χ2v) is 9.96. The van der Waals surface area contributed by atoms with E-state index in [0.717, 1.165) is 37.8 Å². The predicted molar refractivity (Wildman–Crippen MR) is 115 cm³/mol.